The third kappa shape index (κ3) is 7.36. The van der Waals surface area contributed by atoms with Crippen LogP contribution in [0.3, 0.4) is 0 Å². The molecule has 1 aliphatic rings. The van der Waals surface area contributed by atoms with Gasteiger partial charge in [-0.2, -0.15) is 4.98 Å². The molecule has 0 amide bonds. The molecule has 47 heavy (non-hydrogen) atoms. The van der Waals surface area contributed by atoms with E-state index in [0.717, 1.165) is 59.4 Å². The maximum absolute atomic E-state index is 8.41. The monoisotopic (exact) mass is 658 g/mol. The molecule has 0 aliphatic carbocycles. The van der Waals surface area contributed by atoms with Crippen molar-refractivity contribution in [3.63, 3.8) is 0 Å². The minimum Gasteiger partial charge on any atom is -0.496 e. The van der Waals surface area contributed by atoms with Gasteiger partial charge in [0.1, 0.15) is 11.6 Å². The van der Waals surface area contributed by atoms with Crippen LogP contribution in [0.15, 0.2) is 48.5 Å². The zero-order valence-electron chi connectivity index (χ0n) is 27.9. The number of pyridine rings is 2. The molecule has 248 valence electrons. The van der Waals surface area contributed by atoms with Crippen molar-refractivity contribution in [2.24, 2.45) is 0 Å². The second kappa shape index (κ2) is 15.6. The van der Waals surface area contributed by atoms with E-state index in [4.69, 9.17) is 45.9 Å². The number of nitrogens with one attached hydrogen (secondary N) is 3. The van der Waals surface area contributed by atoms with Crippen molar-refractivity contribution in [1.82, 2.24) is 20.2 Å². The van der Waals surface area contributed by atoms with Crippen LogP contribution >= 0.6 is 11.6 Å². The van der Waals surface area contributed by atoms with Gasteiger partial charge in [-0.25, -0.2) is 4.98 Å². The number of halogens is 1. The van der Waals surface area contributed by atoms with E-state index in [9.17, 15) is 0 Å². The van der Waals surface area contributed by atoms with E-state index in [1.165, 1.54) is 6.21 Å². The first-order chi connectivity index (χ1) is 22.8. The number of benzene rings is 2. The first-order valence-corrected chi connectivity index (χ1v) is 16.0. The molecule has 4 aromatic rings. The van der Waals surface area contributed by atoms with Gasteiger partial charge in [-0.1, -0.05) is 41.9 Å². The average Bonchev–Trinajstić information content (AvgIpc) is 3.09. The summed E-state index contributed by atoms with van der Waals surface area (Å²) in [5, 5.41) is 15.5. The van der Waals surface area contributed by atoms with Crippen molar-refractivity contribution in [2.45, 2.75) is 38.9 Å². The van der Waals surface area contributed by atoms with Crippen LogP contribution in [0.5, 0.6) is 17.5 Å². The van der Waals surface area contributed by atoms with Gasteiger partial charge in [-0.3, -0.25) is 4.90 Å². The van der Waals surface area contributed by atoms with Gasteiger partial charge in [0, 0.05) is 72.6 Å². The van der Waals surface area contributed by atoms with Gasteiger partial charge in [0.05, 0.1) is 37.6 Å². The highest BCUT2D eigenvalue weighted by molar-refractivity contribution is 6.36. The standard InChI is InChI=1S/C36H43ClN6O4/c1-22-17-31(41-35(45-5)28(22)20-39-2)26-11-7-10-25(34(26)37)24-9-8-12-30(27(24)19-38)40-33-18-32(44-4)29(36(42-33)46-6)21-43(3)23-13-15-47-16-14-23/h7-12,17-19,23,38-39H,13-16,20-21H2,1-6H3,(H,40,42). The number of aromatic nitrogens is 2. The normalized spacial score (nSPS) is 13.4. The molecule has 3 heterocycles. The Morgan fingerprint density at radius 1 is 0.957 bits per heavy atom. The Kier molecular flexibility index (Phi) is 11.3. The summed E-state index contributed by atoms with van der Waals surface area (Å²) in [5.74, 6) is 2.24. The molecule has 1 fully saturated rings. The van der Waals surface area contributed by atoms with E-state index < -0.39 is 0 Å². The van der Waals surface area contributed by atoms with Gasteiger partial charge < -0.3 is 35.0 Å². The van der Waals surface area contributed by atoms with Crippen LogP contribution in [0.4, 0.5) is 11.5 Å². The van der Waals surface area contributed by atoms with Crippen molar-refractivity contribution < 1.29 is 18.9 Å². The SMILES string of the molecule is CNCc1c(C)cc(-c2cccc(-c3cccc(Nc4cc(OC)c(CN(C)C5CCOCC5)c(OC)n4)c3C=N)c2Cl)nc1OC. The van der Waals surface area contributed by atoms with Gasteiger partial charge in [0.2, 0.25) is 11.8 Å². The molecule has 0 unspecified atom stereocenters. The summed E-state index contributed by atoms with van der Waals surface area (Å²) >= 11 is 7.12. The van der Waals surface area contributed by atoms with Gasteiger partial charge in [-0.05, 0) is 57.1 Å². The molecule has 1 aliphatic heterocycles. The van der Waals surface area contributed by atoms with E-state index >= 15 is 0 Å². The topological polar surface area (TPSA) is 114 Å². The van der Waals surface area contributed by atoms with E-state index in [1.54, 1.807) is 21.3 Å². The Labute approximate surface area is 281 Å². The molecule has 3 N–H and O–H groups in total. The molecule has 0 saturated carbocycles. The first-order valence-electron chi connectivity index (χ1n) is 15.6. The fourth-order valence-electron chi connectivity index (χ4n) is 6.10. The zero-order chi connectivity index (χ0) is 33.5. The first kappa shape index (κ1) is 34.1. The quantitative estimate of drug-likeness (QED) is 0.132. The van der Waals surface area contributed by atoms with E-state index in [0.29, 0.717) is 64.4 Å². The predicted octanol–water partition coefficient (Wildman–Crippen LogP) is 6.87. The lowest BCUT2D eigenvalue weighted by Crippen LogP contribution is -2.36. The number of methoxy groups -OCH3 is 3. The Bertz CT molecular complexity index is 1700. The third-order valence-electron chi connectivity index (χ3n) is 8.61. The van der Waals surface area contributed by atoms with Gasteiger partial charge in [0.25, 0.3) is 0 Å². The summed E-state index contributed by atoms with van der Waals surface area (Å²) in [7, 11) is 8.88. The van der Waals surface area contributed by atoms with Crippen LogP contribution in [-0.4, -0.2) is 75.8 Å². The summed E-state index contributed by atoms with van der Waals surface area (Å²) in [6.07, 6.45) is 3.29. The van der Waals surface area contributed by atoms with Crippen LogP contribution in [0.1, 0.15) is 35.1 Å². The lowest BCUT2D eigenvalue weighted by Gasteiger charge is -2.31. The van der Waals surface area contributed by atoms with Crippen molar-refractivity contribution >= 4 is 29.3 Å². The number of rotatable bonds is 13. The number of nitrogens with zero attached hydrogens (tertiary/aromatic N) is 3. The van der Waals surface area contributed by atoms with Crippen molar-refractivity contribution in [2.75, 3.05) is 54.0 Å². The Hall–Kier alpha value is -4.22. The Balaban J connectivity index is 1.49. The van der Waals surface area contributed by atoms with Crippen LogP contribution in [0, 0.1) is 12.3 Å². The third-order valence-corrected chi connectivity index (χ3v) is 9.02. The van der Waals surface area contributed by atoms with E-state index in [2.05, 4.69) is 22.6 Å². The smallest absolute Gasteiger partial charge is 0.223 e. The summed E-state index contributed by atoms with van der Waals surface area (Å²) in [5.41, 5.74) is 7.32. The maximum atomic E-state index is 8.41. The lowest BCUT2D eigenvalue weighted by molar-refractivity contribution is 0.0402. The average molecular weight is 659 g/mol. The molecule has 2 aromatic carbocycles. The summed E-state index contributed by atoms with van der Waals surface area (Å²) in [6, 6.07) is 15.9. The molecule has 0 spiro atoms. The van der Waals surface area contributed by atoms with Gasteiger partial charge >= 0.3 is 0 Å². The lowest BCUT2D eigenvalue weighted by atomic mass is 9.95. The largest absolute Gasteiger partial charge is 0.496 e. The number of anilines is 2. The van der Waals surface area contributed by atoms with Gasteiger partial charge in [0.15, 0.2) is 0 Å². The number of ether oxygens (including phenoxy) is 4. The molecular weight excluding hydrogens is 616 g/mol. The molecule has 0 bridgehead atoms. The number of hydrogen-bond donors (Lipinski definition) is 3. The minimum absolute atomic E-state index is 0.415. The molecule has 2 aromatic heterocycles. The van der Waals surface area contributed by atoms with Crippen molar-refractivity contribution in [3.05, 3.63) is 75.8 Å². The van der Waals surface area contributed by atoms with Crippen LogP contribution < -0.4 is 24.8 Å². The Morgan fingerprint density at radius 2 is 1.64 bits per heavy atom. The second-order valence-electron chi connectivity index (χ2n) is 11.5. The number of aryl methyl sites for hydroxylation is 1. The Morgan fingerprint density at radius 3 is 2.32 bits per heavy atom. The van der Waals surface area contributed by atoms with Gasteiger partial charge in [-0.15, -0.1) is 0 Å². The summed E-state index contributed by atoms with van der Waals surface area (Å²) in [6.45, 7) is 4.84. The van der Waals surface area contributed by atoms with Crippen molar-refractivity contribution in [3.8, 4) is 39.9 Å². The second-order valence-corrected chi connectivity index (χ2v) is 11.9. The molecule has 1 saturated heterocycles. The molecule has 0 radical (unpaired) electrons. The molecular formula is C36H43ClN6O4. The fraction of sp³-hybridized carbons (Fsp3) is 0.361. The summed E-state index contributed by atoms with van der Waals surface area (Å²) in [4.78, 5) is 11.9. The predicted molar refractivity (Wildman–Crippen MR) is 188 cm³/mol. The number of hydrogen-bond acceptors (Lipinski definition) is 10. The van der Waals surface area contributed by atoms with E-state index in [1.807, 2.05) is 62.5 Å². The minimum atomic E-state index is 0.415. The molecule has 5 rings (SSSR count). The molecule has 0 atom stereocenters. The summed E-state index contributed by atoms with van der Waals surface area (Å²) < 4.78 is 22.8. The van der Waals surface area contributed by atoms with Crippen LogP contribution in [0.25, 0.3) is 22.4 Å². The van der Waals surface area contributed by atoms with Crippen LogP contribution in [0.2, 0.25) is 5.02 Å². The molecule has 11 heteroatoms. The van der Waals surface area contributed by atoms with Crippen molar-refractivity contribution in [1.29, 1.82) is 5.41 Å². The molecule has 10 nitrogen and oxygen atoms in total. The zero-order valence-corrected chi connectivity index (χ0v) is 28.6. The highest BCUT2D eigenvalue weighted by Crippen LogP contribution is 2.40. The van der Waals surface area contributed by atoms with Crippen LogP contribution in [-0.2, 0) is 17.8 Å². The van der Waals surface area contributed by atoms with E-state index in [-0.39, 0.29) is 0 Å². The maximum Gasteiger partial charge on any atom is 0.223 e. The highest BCUT2D eigenvalue weighted by atomic mass is 35.5. The highest BCUT2D eigenvalue weighted by Gasteiger charge is 2.23. The fourth-order valence-corrected chi connectivity index (χ4v) is 6.42.